The van der Waals surface area contributed by atoms with Crippen LogP contribution in [0, 0.1) is 12.5 Å². The molecule has 0 rings (SSSR count). The molecule has 1 nitrogen and oxygen atoms in total. The first kappa shape index (κ1) is 7.54. The summed E-state index contributed by atoms with van der Waals surface area (Å²) in [5.41, 5.74) is 0. The highest BCUT2D eigenvalue weighted by Gasteiger charge is 1.72. The van der Waals surface area contributed by atoms with Gasteiger partial charge in [-0.05, 0) is 0 Å². The Morgan fingerprint density at radius 3 is 2.62 bits per heavy atom. The van der Waals surface area contributed by atoms with Crippen molar-refractivity contribution in [1.29, 1.82) is 0 Å². The van der Waals surface area contributed by atoms with E-state index in [1.54, 1.807) is 0 Å². The maximum atomic E-state index is 4.04. The van der Waals surface area contributed by atoms with Crippen LogP contribution in [0.4, 0.5) is 0 Å². The van der Waals surface area contributed by atoms with Gasteiger partial charge < -0.3 is 4.99 Å². The van der Waals surface area contributed by atoms with E-state index in [-0.39, 0.29) is 0 Å². The van der Waals surface area contributed by atoms with Crippen molar-refractivity contribution in [2.24, 2.45) is 10.9 Å². The van der Waals surface area contributed by atoms with Crippen molar-refractivity contribution in [3.8, 4) is 0 Å². The summed E-state index contributed by atoms with van der Waals surface area (Å²) in [4.78, 5) is 4.04. The van der Waals surface area contributed by atoms with Crippen molar-refractivity contribution in [3.05, 3.63) is 6.54 Å². The smallest absolute Gasteiger partial charge is 0.0734 e. The second-order valence-corrected chi connectivity index (χ2v) is 2.13. The Bertz CT molecular complexity index is 64.8. The number of rotatable bonds is 3. The van der Waals surface area contributed by atoms with Gasteiger partial charge in [-0.15, -0.1) is 12.8 Å². The molecule has 0 bridgehead atoms. The third kappa shape index (κ3) is 5.54. The molecule has 8 heavy (non-hydrogen) atoms. The lowest BCUT2D eigenvalue weighted by Gasteiger charge is -2.01. The monoisotopic (exact) mass is 112 g/mol. The first-order valence-electron chi connectivity index (χ1n) is 3.12. The van der Waals surface area contributed by atoms with E-state index in [1.165, 1.54) is 0 Å². The van der Waals surface area contributed by atoms with Crippen LogP contribution in [0.25, 0.3) is 0 Å². The molecule has 48 valence electrons. The molecule has 0 amide bonds. The second kappa shape index (κ2) is 4.69. The van der Waals surface area contributed by atoms with Crippen LogP contribution in [0.3, 0.4) is 0 Å². The molecule has 0 fully saturated rings. The zero-order chi connectivity index (χ0) is 6.41. The molecular weight excluding hydrogens is 98.1 g/mol. The maximum absolute atomic E-state index is 4.04. The van der Waals surface area contributed by atoms with E-state index < -0.39 is 0 Å². The molecule has 0 aliphatic carbocycles. The highest BCUT2D eigenvalue weighted by Crippen LogP contribution is 1.89. The lowest BCUT2D eigenvalue weighted by molar-refractivity contribution is 0.899. The Morgan fingerprint density at radius 1 is 1.62 bits per heavy atom. The van der Waals surface area contributed by atoms with Gasteiger partial charge in [0.1, 0.15) is 0 Å². The minimum absolute atomic E-state index is 0.581. The Morgan fingerprint density at radius 2 is 2.25 bits per heavy atom. The first-order chi connectivity index (χ1) is 3.77. The Hall–Kier alpha value is -0.460. The molecule has 0 aliphatic heterocycles. The molecule has 0 aromatic carbocycles. The van der Waals surface area contributed by atoms with Crippen LogP contribution in [-0.2, 0) is 0 Å². The molecule has 0 aromatic rings. The normalized spacial score (nSPS) is 11.0. The Balaban J connectivity index is 3.07. The Labute approximate surface area is 51.8 Å². The fraction of sp³-hybridized carbons (Fsp3) is 0.714. The number of hydrogen-bond acceptors (Lipinski definition) is 1. The molecule has 0 saturated carbocycles. The molecule has 0 saturated heterocycles. The van der Waals surface area contributed by atoms with E-state index in [0.717, 1.165) is 6.42 Å². The zero-order valence-corrected chi connectivity index (χ0v) is 5.89. The van der Waals surface area contributed by atoms with E-state index in [0.29, 0.717) is 5.92 Å². The quantitative estimate of drug-likeness (QED) is 0.392. The lowest BCUT2D eigenvalue weighted by Crippen LogP contribution is -1.85. The summed E-state index contributed by atoms with van der Waals surface area (Å²) in [5.74, 6) is 0.581. The zero-order valence-electron chi connectivity index (χ0n) is 5.89. The van der Waals surface area contributed by atoms with Crippen LogP contribution in [0.5, 0.6) is 0 Å². The van der Waals surface area contributed by atoms with Crippen LogP contribution in [0.15, 0.2) is 4.99 Å². The number of aliphatic imine (C=N–C) groups is 1. The molecule has 0 aromatic heterocycles. The van der Waals surface area contributed by atoms with Crippen molar-refractivity contribution in [2.45, 2.75) is 27.2 Å². The summed E-state index contributed by atoms with van der Waals surface area (Å²) in [6.07, 6.45) is 2.98. The predicted molar refractivity (Wildman–Crippen MR) is 37.9 cm³/mol. The van der Waals surface area contributed by atoms with E-state index >= 15 is 0 Å². The van der Waals surface area contributed by atoms with Gasteiger partial charge in [0.2, 0.25) is 0 Å². The van der Waals surface area contributed by atoms with E-state index in [4.69, 9.17) is 0 Å². The van der Waals surface area contributed by atoms with Gasteiger partial charge in [0, 0.05) is 0 Å². The number of nitrogens with zero attached hydrogens (tertiary/aromatic N) is 1. The van der Waals surface area contributed by atoms with Gasteiger partial charge in [-0.1, -0.05) is 33.1 Å². The molecule has 0 radical (unpaired) electrons. The van der Waals surface area contributed by atoms with Crippen LogP contribution < -0.4 is 0 Å². The maximum Gasteiger partial charge on any atom is -0.0734 e. The van der Waals surface area contributed by atoms with E-state index in [2.05, 4.69) is 25.8 Å². The van der Waals surface area contributed by atoms with Crippen molar-refractivity contribution < 1.29 is 0 Å². The summed E-state index contributed by atoms with van der Waals surface area (Å²) in [7, 11) is 0. The minimum atomic E-state index is 0.581. The SMILES string of the molecule is CC[CH-]N=CC(C)C. The van der Waals surface area contributed by atoms with Crippen molar-refractivity contribution in [3.63, 3.8) is 0 Å². The standard InChI is InChI=1S/C7H14N/c1-4-5-8-6-7(2)3/h5-7H,4H2,1-3H3/q-1. The van der Waals surface area contributed by atoms with Crippen LogP contribution in [0.1, 0.15) is 27.2 Å². The molecule has 1 heteroatoms. The highest BCUT2D eigenvalue weighted by atomic mass is 14.7. The fourth-order valence-corrected chi connectivity index (χ4v) is 0.338. The van der Waals surface area contributed by atoms with Gasteiger partial charge in [0.05, 0.1) is 0 Å². The topological polar surface area (TPSA) is 12.4 Å². The van der Waals surface area contributed by atoms with Gasteiger partial charge in [0.25, 0.3) is 0 Å². The predicted octanol–water partition coefficient (Wildman–Crippen LogP) is 2.28. The van der Waals surface area contributed by atoms with Gasteiger partial charge in [-0.3, -0.25) is 0 Å². The average molecular weight is 112 g/mol. The van der Waals surface area contributed by atoms with Crippen molar-refractivity contribution >= 4 is 6.21 Å². The van der Waals surface area contributed by atoms with Crippen molar-refractivity contribution in [1.82, 2.24) is 0 Å². The lowest BCUT2D eigenvalue weighted by atomic mass is 10.2. The van der Waals surface area contributed by atoms with Crippen LogP contribution in [0.2, 0.25) is 0 Å². The first-order valence-corrected chi connectivity index (χ1v) is 3.12. The fourth-order valence-electron chi connectivity index (χ4n) is 0.338. The largest absolute Gasteiger partial charge is 0.458 e. The molecule has 0 atom stereocenters. The number of hydrogen-bond donors (Lipinski definition) is 0. The van der Waals surface area contributed by atoms with Gasteiger partial charge in [0.15, 0.2) is 0 Å². The minimum Gasteiger partial charge on any atom is -0.458 e. The summed E-state index contributed by atoms with van der Waals surface area (Å²) in [5, 5.41) is 0. The van der Waals surface area contributed by atoms with Crippen LogP contribution >= 0.6 is 0 Å². The van der Waals surface area contributed by atoms with Crippen LogP contribution in [-0.4, -0.2) is 6.21 Å². The highest BCUT2D eigenvalue weighted by molar-refractivity contribution is 5.59. The van der Waals surface area contributed by atoms with Gasteiger partial charge >= 0.3 is 0 Å². The van der Waals surface area contributed by atoms with Crippen molar-refractivity contribution in [2.75, 3.05) is 0 Å². The summed E-state index contributed by atoms with van der Waals surface area (Å²) in [6, 6.07) is 0. The summed E-state index contributed by atoms with van der Waals surface area (Å²) in [6.45, 7) is 8.23. The summed E-state index contributed by atoms with van der Waals surface area (Å²) >= 11 is 0. The summed E-state index contributed by atoms with van der Waals surface area (Å²) < 4.78 is 0. The van der Waals surface area contributed by atoms with E-state index in [1.807, 2.05) is 12.8 Å². The third-order valence-electron chi connectivity index (χ3n) is 0.672. The molecule has 0 unspecified atom stereocenters. The molecule has 0 heterocycles. The van der Waals surface area contributed by atoms with Gasteiger partial charge in [-0.2, -0.15) is 0 Å². The second-order valence-electron chi connectivity index (χ2n) is 2.13. The molecular formula is C7H14N-. The molecule has 0 N–H and O–H groups in total. The van der Waals surface area contributed by atoms with Gasteiger partial charge in [-0.25, -0.2) is 0 Å². The average Bonchev–Trinajstić information content (AvgIpc) is 1.66. The molecule has 0 aliphatic rings. The Kier molecular flexibility index (Phi) is 4.42. The van der Waals surface area contributed by atoms with E-state index in [9.17, 15) is 0 Å². The third-order valence-corrected chi connectivity index (χ3v) is 0.672. The molecule has 0 spiro atoms.